The van der Waals surface area contributed by atoms with E-state index in [0.29, 0.717) is 24.1 Å². The average Bonchev–Trinajstić information content (AvgIpc) is 3.16. The van der Waals surface area contributed by atoms with E-state index in [0.717, 1.165) is 64.2 Å². The Morgan fingerprint density at radius 3 is 1.42 bits per heavy atom. The molecule has 1 N–H and O–H groups in total. The zero-order valence-electron chi connectivity index (χ0n) is 37.8. The SMILES string of the molecule is CCCCCC/C=C\C/C=C\CCCCCCCCCCOCC(COP(=O)(O)OCC[N+](C)(C)C)OC(=O)CCCCCCC/C=C\C/C=C\CCCCCC. The number of phosphoric acid groups is 1. The highest BCUT2D eigenvalue weighted by Crippen LogP contribution is 2.43. The highest BCUT2D eigenvalue weighted by atomic mass is 31.2. The van der Waals surface area contributed by atoms with Crippen LogP contribution < -0.4 is 0 Å². The topological polar surface area (TPSA) is 91.3 Å². The molecule has 57 heavy (non-hydrogen) atoms. The van der Waals surface area contributed by atoms with Crippen LogP contribution in [-0.4, -0.2) is 75.6 Å². The van der Waals surface area contributed by atoms with Crippen LogP contribution in [-0.2, 0) is 27.9 Å². The van der Waals surface area contributed by atoms with Crippen LogP contribution in [0.5, 0.6) is 0 Å². The fourth-order valence-electron chi connectivity index (χ4n) is 6.20. The maximum Gasteiger partial charge on any atom is 0.472 e. The number of carbonyl (C=O) groups excluding carboxylic acids is 1. The summed E-state index contributed by atoms with van der Waals surface area (Å²) in [7, 11) is 1.65. The molecular formula is C48H91NO7P+. The van der Waals surface area contributed by atoms with E-state index in [1.807, 2.05) is 21.1 Å². The number of nitrogens with zero attached hydrogens (tertiary/aromatic N) is 1. The molecule has 334 valence electrons. The molecule has 0 rings (SSSR count). The van der Waals surface area contributed by atoms with Gasteiger partial charge in [-0.15, -0.1) is 0 Å². The standard InChI is InChI=1S/C48H90NO7P/c1-6-8-10-12-14-16-18-20-22-24-25-26-28-30-32-34-36-38-40-43-53-45-47(46-55-57(51,52)54-44-42-49(3,4)5)56-48(50)41-39-37-35-33-31-29-27-23-21-19-17-15-13-11-9-7-2/h16-19,22-24,27,47H,6-15,20-21,25-26,28-46H2,1-5H3/p+1/b18-16-,19-17-,24-22-,27-23-. The lowest BCUT2D eigenvalue weighted by atomic mass is 10.1. The second-order valence-electron chi connectivity index (χ2n) is 16.8. The zero-order chi connectivity index (χ0) is 42.0. The number of rotatable bonds is 43. The van der Waals surface area contributed by atoms with Crippen LogP contribution in [0.3, 0.4) is 0 Å². The Hall–Kier alpha value is -1.54. The quantitative estimate of drug-likeness (QED) is 0.0215. The van der Waals surface area contributed by atoms with Crippen molar-refractivity contribution in [1.29, 1.82) is 0 Å². The van der Waals surface area contributed by atoms with E-state index in [9.17, 15) is 14.3 Å². The number of esters is 1. The highest BCUT2D eigenvalue weighted by molar-refractivity contribution is 7.47. The average molecular weight is 825 g/mol. The van der Waals surface area contributed by atoms with E-state index < -0.39 is 13.9 Å². The Labute approximate surface area is 352 Å². The third kappa shape index (κ3) is 45.4. The number of likely N-dealkylation sites (N-methyl/N-ethyl adjacent to an activating group) is 1. The van der Waals surface area contributed by atoms with Crippen LogP contribution in [0, 0.1) is 0 Å². The molecule has 9 heteroatoms. The van der Waals surface area contributed by atoms with Crippen molar-refractivity contribution in [1.82, 2.24) is 0 Å². The lowest BCUT2D eigenvalue weighted by Gasteiger charge is -2.24. The van der Waals surface area contributed by atoms with E-state index in [2.05, 4.69) is 62.5 Å². The minimum absolute atomic E-state index is 0.0832. The van der Waals surface area contributed by atoms with Gasteiger partial charge >= 0.3 is 13.8 Å². The number of ether oxygens (including phenoxy) is 2. The molecule has 2 unspecified atom stereocenters. The Morgan fingerprint density at radius 1 is 0.544 bits per heavy atom. The van der Waals surface area contributed by atoms with Gasteiger partial charge in [0.1, 0.15) is 19.3 Å². The van der Waals surface area contributed by atoms with Gasteiger partial charge < -0.3 is 18.9 Å². The largest absolute Gasteiger partial charge is 0.472 e. The predicted molar refractivity (Wildman–Crippen MR) is 243 cm³/mol. The van der Waals surface area contributed by atoms with Crippen molar-refractivity contribution >= 4 is 13.8 Å². The maximum atomic E-state index is 12.7. The molecule has 0 aliphatic rings. The Bertz CT molecular complexity index is 1050. The van der Waals surface area contributed by atoms with Crippen LogP contribution in [0.2, 0.25) is 0 Å². The minimum Gasteiger partial charge on any atom is -0.457 e. The van der Waals surface area contributed by atoms with Gasteiger partial charge in [0.15, 0.2) is 0 Å². The van der Waals surface area contributed by atoms with Crippen molar-refractivity contribution in [3.63, 3.8) is 0 Å². The van der Waals surface area contributed by atoms with Crippen molar-refractivity contribution in [3.05, 3.63) is 48.6 Å². The first-order chi connectivity index (χ1) is 27.6. The molecule has 0 aromatic heterocycles. The third-order valence-corrected chi connectivity index (χ3v) is 10.8. The van der Waals surface area contributed by atoms with Crippen molar-refractivity contribution in [3.8, 4) is 0 Å². The van der Waals surface area contributed by atoms with Crippen LogP contribution in [0.25, 0.3) is 0 Å². The molecule has 0 aliphatic heterocycles. The van der Waals surface area contributed by atoms with Gasteiger partial charge in [0, 0.05) is 13.0 Å². The van der Waals surface area contributed by atoms with Crippen LogP contribution >= 0.6 is 7.82 Å². The van der Waals surface area contributed by atoms with Gasteiger partial charge in [-0.25, -0.2) is 4.57 Å². The van der Waals surface area contributed by atoms with Crippen LogP contribution in [0.15, 0.2) is 48.6 Å². The Kier molecular flexibility index (Phi) is 40.1. The lowest BCUT2D eigenvalue weighted by Crippen LogP contribution is -2.37. The summed E-state index contributed by atoms with van der Waals surface area (Å²) < 4.78 is 35.0. The first-order valence-electron chi connectivity index (χ1n) is 23.4. The summed E-state index contributed by atoms with van der Waals surface area (Å²) in [5.74, 6) is -0.330. The minimum atomic E-state index is -4.28. The van der Waals surface area contributed by atoms with E-state index in [-0.39, 0.29) is 25.8 Å². The number of allylic oxidation sites excluding steroid dienone is 8. The fraction of sp³-hybridized carbons (Fsp3) is 0.812. The molecule has 0 heterocycles. The molecule has 0 radical (unpaired) electrons. The van der Waals surface area contributed by atoms with Crippen molar-refractivity contribution in [2.24, 2.45) is 0 Å². The Morgan fingerprint density at radius 2 is 0.965 bits per heavy atom. The molecule has 2 atom stereocenters. The van der Waals surface area contributed by atoms with Crippen molar-refractivity contribution < 1.29 is 37.3 Å². The summed E-state index contributed by atoms with van der Waals surface area (Å²) >= 11 is 0. The molecule has 0 saturated heterocycles. The number of hydrogen-bond donors (Lipinski definition) is 1. The van der Waals surface area contributed by atoms with Gasteiger partial charge in [-0.1, -0.05) is 159 Å². The molecule has 0 aromatic carbocycles. The summed E-state index contributed by atoms with van der Waals surface area (Å²) in [5, 5.41) is 0. The molecule has 0 aliphatic carbocycles. The molecule has 0 amide bonds. The summed E-state index contributed by atoms with van der Waals surface area (Å²) in [6, 6.07) is 0. The maximum absolute atomic E-state index is 12.7. The second kappa shape index (κ2) is 41.2. The summed E-state index contributed by atoms with van der Waals surface area (Å²) in [6.45, 7) is 5.56. The van der Waals surface area contributed by atoms with Crippen LogP contribution in [0.1, 0.15) is 194 Å². The summed E-state index contributed by atoms with van der Waals surface area (Å²) in [6.07, 6.45) is 50.0. The number of quaternary nitrogens is 1. The molecule has 0 saturated carbocycles. The fourth-order valence-corrected chi connectivity index (χ4v) is 6.94. The lowest BCUT2D eigenvalue weighted by molar-refractivity contribution is -0.870. The second-order valence-corrected chi connectivity index (χ2v) is 18.2. The first kappa shape index (κ1) is 55.5. The van der Waals surface area contributed by atoms with Gasteiger partial charge in [0.2, 0.25) is 0 Å². The smallest absolute Gasteiger partial charge is 0.457 e. The molecule has 0 fully saturated rings. The van der Waals surface area contributed by atoms with E-state index in [4.69, 9.17) is 18.5 Å². The van der Waals surface area contributed by atoms with E-state index in [1.54, 1.807) is 0 Å². The van der Waals surface area contributed by atoms with E-state index in [1.165, 1.54) is 109 Å². The van der Waals surface area contributed by atoms with Gasteiger partial charge in [0.05, 0.1) is 34.4 Å². The predicted octanol–water partition coefficient (Wildman–Crippen LogP) is 13.9. The molecule has 0 spiro atoms. The molecule has 8 nitrogen and oxygen atoms in total. The van der Waals surface area contributed by atoms with Crippen LogP contribution in [0.4, 0.5) is 0 Å². The molecule has 0 bridgehead atoms. The van der Waals surface area contributed by atoms with Gasteiger partial charge in [0.25, 0.3) is 0 Å². The third-order valence-electron chi connectivity index (χ3n) is 9.86. The summed E-state index contributed by atoms with van der Waals surface area (Å²) in [5.41, 5.74) is 0. The molecular weight excluding hydrogens is 734 g/mol. The van der Waals surface area contributed by atoms with Crippen molar-refractivity contribution in [2.45, 2.75) is 200 Å². The zero-order valence-corrected chi connectivity index (χ0v) is 38.7. The number of hydrogen-bond acceptors (Lipinski definition) is 6. The monoisotopic (exact) mass is 825 g/mol. The van der Waals surface area contributed by atoms with Gasteiger partial charge in [-0.3, -0.25) is 13.8 Å². The van der Waals surface area contributed by atoms with Gasteiger partial charge in [-0.2, -0.15) is 0 Å². The number of carbonyl (C=O) groups is 1. The van der Waals surface area contributed by atoms with Gasteiger partial charge in [-0.05, 0) is 77.0 Å². The Balaban J connectivity index is 4.24. The van der Waals surface area contributed by atoms with Crippen molar-refractivity contribution in [2.75, 3.05) is 54.1 Å². The summed E-state index contributed by atoms with van der Waals surface area (Å²) in [4.78, 5) is 22.9. The molecule has 0 aromatic rings. The first-order valence-corrected chi connectivity index (χ1v) is 24.9. The normalized spacial score (nSPS) is 14.1. The number of phosphoric ester groups is 1. The highest BCUT2D eigenvalue weighted by Gasteiger charge is 2.26. The number of unbranched alkanes of at least 4 members (excludes halogenated alkanes) is 21. The van der Waals surface area contributed by atoms with E-state index >= 15 is 0 Å².